The van der Waals surface area contributed by atoms with E-state index >= 15 is 0 Å². The van der Waals surface area contributed by atoms with Crippen LogP contribution >= 0.6 is 39.1 Å². The van der Waals surface area contributed by atoms with Gasteiger partial charge < -0.3 is 5.73 Å². The highest BCUT2D eigenvalue weighted by atomic mass is 79.9. The van der Waals surface area contributed by atoms with Gasteiger partial charge in [0.2, 0.25) is 0 Å². The van der Waals surface area contributed by atoms with Crippen LogP contribution in [0.1, 0.15) is 5.56 Å². The third-order valence-electron chi connectivity index (χ3n) is 2.72. The number of nitrogens with two attached hydrogens (primary N) is 1. The molecule has 21 heavy (non-hydrogen) atoms. The van der Waals surface area contributed by atoms with Gasteiger partial charge in [0, 0.05) is 11.0 Å². The Kier molecular flexibility index (Phi) is 5.16. The summed E-state index contributed by atoms with van der Waals surface area (Å²) in [7, 11) is -3.82. The minimum Gasteiger partial charge on any atom is -0.326 e. The molecule has 0 atom stereocenters. The fourth-order valence-electron chi connectivity index (χ4n) is 1.67. The van der Waals surface area contributed by atoms with Crippen LogP contribution in [0.5, 0.6) is 0 Å². The first-order valence-electron chi connectivity index (χ1n) is 5.80. The number of rotatable bonds is 4. The lowest BCUT2D eigenvalue weighted by molar-refractivity contribution is 0.600. The van der Waals surface area contributed by atoms with Gasteiger partial charge in [0.05, 0.1) is 15.7 Å². The summed E-state index contributed by atoms with van der Waals surface area (Å²) in [6, 6.07) is 9.51. The van der Waals surface area contributed by atoms with Crippen molar-refractivity contribution in [3.8, 4) is 0 Å². The number of anilines is 1. The van der Waals surface area contributed by atoms with Gasteiger partial charge in [-0.05, 0) is 45.8 Å². The summed E-state index contributed by atoms with van der Waals surface area (Å²) in [6.45, 7) is 0.322. The molecule has 0 aliphatic rings. The van der Waals surface area contributed by atoms with Crippen LogP contribution in [-0.4, -0.2) is 8.42 Å². The minimum atomic E-state index is -3.82. The second-order valence-corrected chi connectivity index (χ2v) is 7.49. The number of sulfonamides is 1. The van der Waals surface area contributed by atoms with Crippen molar-refractivity contribution in [1.29, 1.82) is 0 Å². The standard InChI is InChI=1S/C13H11BrCl2N2O2S/c14-9-6-8(7-17)4-5-12(9)21(19,20)18-13-10(15)2-1-3-11(13)16/h1-6,18H,7,17H2. The highest BCUT2D eigenvalue weighted by Gasteiger charge is 2.20. The van der Waals surface area contributed by atoms with Gasteiger partial charge in [-0.15, -0.1) is 0 Å². The van der Waals surface area contributed by atoms with Crippen LogP contribution in [0.3, 0.4) is 0 Å². The second-order valence-electron chi connectivity index (χ2n) is 4.17. The molecule has 0 aliphatic carbocycles. The van der Waals surface area contributed by atoms with Crippen molar-refractivity contribution in [2.45, 2.75) is 11.4 Å². The van der Waals surface area contributed by atoms with E-state index in [1.165, 1.54) is 6.07 Å². The predicted octanol–water partition coefficient (Wildman–Crippen LogP) is 4.02. The van der Waals surface area contributed by atoms with E-state index in [-0.39, 0.29) is 20.6 Å². The Morgan fingerprint density at radius 3 is 2.29 bits per heavy atom. The zero-order valence-corrected chi connectivity index (χ0v) is 14.5. The molecule has 0 heterocycles. The van der Waals surface area contributed by atoms with E-state index in [1.807, 2.05) is 0 Å². The fraction of sp³-hybridized carbons (Fsp3) is 0.0769. The van der Waals surface area contributed by atoms with Gasteiger partial charge in [-0.1, -0.05) is 35.3 Å². The Hall–Kier alpha value is -0.790. The van der Waals surface area contributed by atoms with Crippen molar-refractivity contribution in [3.05, 3.63) is 56.5 Å². The number of nitrogens with one attached hydrogen (secondary N) is 1. The van der Waals surface area contributed by atoms with Crippen LogP contribution in [0, 0.1) is 0 Å². The molecule has 3 N–H and O–H groups in total. The largest absolute Gasteiger partial charge is 0.326 e. The number of benzene rings is 2. The third kappa shape index (κ3) is 3.70. The highest BCUT2D eigenvalue weighted by Crippen LogP contribution is 2.33. The molecule has 0 amide bonds. The van der Waals surface area contributed by atoms with Gasteiger partial charge in [0.1, 0.15) is 4.90 Å². The maximum Gasteiger partial charge on any atom is 0.263 e. The van der Waals surface area contributed by atoms with Crippen molar-refractivity contribution >= 4 is 54.8 Å². The molecule has 2 aromatic carbocycles. The zero-order chi connectivity index (χ0) is 15.6. The van der Waals surface area contributed by atoms with E-state index in [4.69, 9.17) is 28.9 Å². The summed E-state index contributed by atoms with van der Waals surface area (Å²) in [5, 5.41) is 0.446. The van der Waals surface area contributed by atoms with Crippen LogP contribution in [0.25, 0.3) is 0 Å². The average Bonchev–Trinajstić information content (AvgIpc) is 2.42. The maximum absolute atomic E-state index is 12.4. The molecule has 0 saturated carbocycles. The van der Waals surface area contributed by atoms with Gasteiger partial charge in [0.25, 0.3) is 10.0 Å². The molecule has 0 spiro atoms. The molecular formula is C13H11BrCl2N2O2S. The smallest absolute Gasteiger partial charge is 0.263 e. The Morgan fingerprint density at radius 1 is 1.14 bits per heavy atom. The summed E-state index contributed by atoms with van der Waals surface area (Å²) >= 11 is 15.2. The molecule has 2 aromatic rings. The molecule has 0 bridgehead atoms. The van der Waals surface area contributed by atoms with E-state index in [0.29, 0.717) is 11.0 Å². The van der Waals surface area contributed by atoms with Gasteiger partial charge >= 0.3 is 0 Å². The average molecular weight is 410 g/mol. The summed E-state index contributed by atoms with van der Waals surface area (Å²) in [5.74, 6) is 0. The molecular weight excluding hydrogens is 399 g/mol. The van der Waals surface area contributed by atoms with Crippen LogP contribution in [-0.2, 0) is 16.6 Å². The van der Waals surface area contributed by atoms with Crippen molar-refractivity contribution in [2.24, 2.45) is 5.73 Å². The predicted molar refractivity (Wildman–Crippen MR) is 89.3 cm³/mol. The van der Waals surface area contributed by atoms with E-state index in [0.717, 1.165) is 5.56 Å². The molecule has 0 saturated heterocycles. The van der Waals surface area contributed by atoms with Crippen LogP contribution in [0.2, 0.25) is 10.0 Å². The highest BCUT2D eigenvalue weighted by molar-refractivity contribution is 9.10. The topological polar surface area (TPSA) is 72.2 Å². The van der Waals surface area contributed by atoms with E-state index in [2.05, 4.69) is 20.7 Å². The molecule has 8 heteroatoms. The summed E-state index contributed by atoms with van der Waals surface area (Å²) in [4.78, 5) is 0.0793. The molecule has 0 unspecified atom stereocenters. The first-order chi connectivity index (χ1) is 9.85. The Labute approximate surface area is 141 Å². The molecule has 112 valence electrons. The molecule has 0 radical (unpaired) electrons. The third-order valence-corrected chi connectivity index (χ3v) is 5.68. The van der Waals surface area contributed by atoms with E-state index < -0.39 is 10.0 Å². The van der Waals surface area contributed by atoms with E-state index in [1.54, 1.807) is 30.3 Å². The first-order valence-corrected chi connectivity index (χ1v) is 8.83. The normalized spacial score (nSPS) is 11.4. The van der Waals surface area contributed by atoms with Gasteiger partial charge in [-0.2, -0.15) is 0 Å². The monoisotopic (exact) mass is 408 g/mol. The van der Waals surface area contributed by atoms with Gasteiger partial charge in [-0.25, -0.2) is 8.42 Å². The van der Waals surface area contributed by atoms with Crippen molar-refractivity contribution in [1.82, 2.24) is 0 Å². The number of hydrogen-bond donors (Lipinski definition) is 2. The Morgan fingerprint density at radius 2 is 1.76 bits per heavy atom. The van der Waals surface area contributed by atoms with Crippen LogP contribution in [0.4, 0.5) is 5.69 Å². The van der Waals surface area contributed by atoms with Crippen molar-refractivity contribution in [3.63, 3.8) is 0 Å². The number of halogens is 3. The molecule has 0 fully saturated rings. The summed E-state index contributed by atoms with van der Waals surface area (Å²) in [5.41, 5.74) is 6.49. The Balaban J connectivity index is 2.44. The first kappa shape index (κ1) is 16.6. The lowest BCUT2D eigenvalue weighted by Gasteiger charge is -2.12. The van der Waals surface area contributed by atoms with E-state index in [9.17, 15) is 8.42 Å². The molecule has 4 nitrogen and oxygen atoms in total. The van der Waals surface area contributed by atoms with Crippen molar-refractivity contribution < 1.29 is 8.42 Å². The zero-order valence-electron chi connectivity index (χ0n) is 10.6. The Bertz CT molecular complexity index is 761. The van der Waals surface area contributed by atoms with Gasteiger partial charge in [-0.3, -0.25) is 4.72 Å². The SMILES string of the molecule is NCc1ccc(S(=O)(=O)Nc2c(Cl)cccc2Cl)c(Br)c1. The molecule has 0 aliphatic heterocycles. The summed E-state index contributed by atoms with van der Waals surface area (Å²) < 4.78 is 27.7. The lowest BCUT2D eigenvalue weighted by Crippen LogP contribution is -2.14. The van der Waals surface area contributed by atoms with Gasteiger partial charge in [0.15, 0.2) is 0 Å². The molecule has 2 rings (SSSR count). The minimum absolute atomic E-state index is 0.0793. The van der Waals surface area contributed by atoms with Crippen molar-refractivity contribution in [2.75, 3.05) is 4.72 Å². The lowest BCUT2D eigenvalue weighted by atomic mass is 10.2. The maximum atomic E-state index is 12.4. The quantitative estimate of drug-likeness (QED) is 0.800. The van der Waals surface area contributed by atoms with Crippen LogP contribution < -0.4 is 10.5 Å². The number of para-hydroxylation sites is 1. The fourth-order valence-corrected chi connectivity index (χ4v) is 4.50. The second kappa shape index (κ2) is 6.54. The molecule has 0 aromatic heterocycles. The van der Waals surface area contributed by atoms with Crippen LogP contribution in [0.15, 0.2) is 45.8 Å². The number of hydrogen-bond acceptors (Lipinski definition) is 3. The summed E-state index contributed by atoms with van der Waals surface area (Å²) in [6.07, 6.45) is 0.